The Labute approximate surface area is 163 Å². The largest absolute Gasteiger partial charge is 0.493 e. The fourth-order valence-electron chi connectivity index (χ4n) is 2.91. The van der Waals surface area contributed by atoms with E-state index in [2.05, 4.69) is 10.3 Å². The second-order valence-electron chi connectivity index (χ2n) is 6.12. The third kappa shape index (κ3) is 4.25. The smallest absolute Gasteiger partial charge is 0.255 e. The van der Waals surface area contributed by atoms with E-state index < -0.39 is 0 Å². The van der Waals surface area contributed by atoms with Crippen LogP contribution in [0.2, 0.25) is 0 Å². The quantitative estimate of drug-likeness (QED) is 0.649. The second-order valence-corrected chi connectivity index (χ2v) is 6.12. The fourth-order valence-corrected chi connectivity index (χ4v) is 2.91. The number of carbonyl (C=O) groups excluding carboxylic acids is 1. The van der Waals surface area contributed by atoms with Gasteiger partial charge in [0.25, 0.3) is 5.91 Å². The number of rotatable bonds is 8. The third-order valence-electron chi connectivity index (χ3n) is 4.35. The highest BCUT2D eigenvalue weighted by Crippen LogP contribution is 2.39. The third-order valence-corrected chi connectivity index (χ3v) is 4.35. The van der Waals surface area contributed by atoms with Gasteiger partial charge in [0.1, 0.15) is 0 Å². The summed E-state index contributed by atoms with van der Waals surface area (Å²) in [6.07, 6.45) is 5.46. The van der Waals surface area contributed by atoms with Crippen LogP contribution in [-0.2, 0) is 13.1 Å². The predicted octanol–water partition coefficient (Wildman–Crippen LogP) is 2.89. The summed E-state index contributed by atoms with van der Waals surface area (Å²) in [6, 6.07) is 11.4. The first-order valence-electron chi connectivity index (χ1n) is 8.77. The van der Waals surface area contributed by atoms with E-state index >= 15 is 0 Å². The van der Waals surface area contributed by atoms with Gasteiger partial charge in [0.2, 0.25) is 5.75 Å². The summed E-state index contributed by atoms with van der Waals surface area (Å²) in [7, 11) is 4.54. The van der Waals surface area contributed by atoms with Gasteiger partial charge in [0, 0.05) is 25.5 Å². The highest BCUT2D eigenvalue weighted by Gasteiger charge is 2.20. The van der Waals surface area contributed by atoms with Crippen LogP contribution < -0.4 is 19.5 Å². The van der Waals surface area contributed by atoms with Crippen molar-refractivity contribution in [2.75, 3.05) is 21.3 Å². The number of aromatic nitrogens is 2. The van der Waals surface area contributed by atoms with Crippen LogP contribution in [0.5, 0.6) is 17.2 Å². The minimum atomic E-state index is -0.250. The van der Waals surface area contributed by atoms with Gasteiger partial charge < -0.3 is 24.1 Å². The lowest BCUT2D eigenvalue weighted by molar-refractivity contribution is 0.0947. The number of ether oxygens (including phenoxy) is 3. The first-order valence-corrected chi connectivity index (χ1v) is 8.77. The first-order chi connectivity index (χ1) is 13.7. The maximum absolute atomic E-state index is 12.6. The standard InChI is InChI=1S/C21H23N3O4/c1-26-18-9-8-17(19(27-2)20(18)28-3)21(25)23-12-15-4-6-16(7-5-15)13-24-11-10-22-14-24/h4-11,14H,12-13H2,1-3H3,(H,23,25). The van der Waals surface area contributed by atoms with Crippen LogP contribution in [0, 0.1) is 0 Å². The van der Waals surface area contributed by atoms with E-state index in [4.69, 9.17) is 14.2 Å². The van der Waals surface area contributed by atoms with Crippen molar-refractivity contribution < 1.29 is 19.0 Å². The molecule has 0 unspecified atom stereocenters. The Morgan fingerprint density at radius 3 is 2.29 bits per heavy atom. The Morgan fingerprint density at radius 1 is 0.964 bits per heavy atom. The summed E-state index contributed by atoms with van der Waals surface area (Å²) >= 11 is 0. The van der Waals surface area contributed by atoms with Gasteiger partial charge in [-0.15, -0.1) is 0 Å². The molecule has 0 radical (unpaired) electrons. The van der Waals surface area contributed by atoms with E-state index in [-0.39, 0.29) is 5.91 Å². The van der Waals surface area contributed by atoms with Crippen LogP contribution in [0.1, 0.15) is 21.5 Å². The summed E-state index contributed by atoms with van der Waals surface area (Å²) < 4.78 is 18.0. The fraction of sp³-hybridized carbons (Fsp3) is 0.238. The van der Waals surface area contributed by atoms with Crippen molar-refractivity contribution >= 4 is 5.91 Å². The zero-order chi connectivity index (χ0) is 19.9. The normalized spacial score (nSPS) is 10.4. The number of nitrogens with one attached hydrogen (secondary N) is 1. The zero-order valence-electron chi connectivity index (χ0n) is 16.1. The Balaban J connectivity index is 1.67. The van der Waals surface area contributed by atoms with Crippen molar-refractivity contribution in [3.8, 4) is 17.2 Å². The molecule has 0 aliphatic carbocycles. The Bertz CT molecular complexity index is 922. The van der Waals surface area contributed by atoms with E-state index in [1.54, 1.807) is 24.7 Å². The number of imidazole rings is 1. The molecule has 0 saturated carbocycles. The molecule has 0 fully saturated rings. The number of nitrogens with zero attached hydrogens (tertiary/aromatic N) is 2. The van der Waals surface area contributed by atoms with Gasteiger partial charge in [0.05, 0.1) is 33.2 Å². The molecule has 0 saturated heterocycles. The van der Waals surface area contributed by atoms with Crippen LogP contribution in [0.4, 0.5) is 0 Å². The molecule has 3 aromatic rings. The van der Waals surface area contributed by atoms with E-state index in [9.17, 15) is 4.79 Å². The minimum Gasteiger partial charge on any atom is -0.493 e. The molecule has 28 heavy (non-hydrogen) atoms. The molecule has 0 aliphatic rings. The monoisotopic (exact) mass is 381 g/mol. The molecular formula is C21H23N3O4. The lowest BCUT2D eigenvalue weighted by atomic mass is 10.1. The number of benzene rings is 2. The lowest BCUT2D eigenvalue weighted by Gasteiger charge is -2.15. The molecule has 0 bridgehead atoms. The van der Waals surface area contributed by atoms with Gasteiger partial charge in [-0.3, -0.25) is 4.79 Å². The maximum atomic E-state index is 12.6. The SMILES string of the molecule is COc1ccc(C(=O)NCc2ccc(Cn3ccnc3)cc2)c(OC)c1OC. The Morgan fingerprint density at radius 2 is 1.68 bits per heavy atom. The first kappa shape index (κ1) is 19.3. The molecule has 2 aromatic carbocycles. The summed E-state index contributed by atoms with van der Waals surface area (Å²) in [5.41, 5.74) is 2.55. The minimum absolute atomic E-state index is 0.250. The number of hydrogen-bond acceptors (Lipinski definition) is 5. The van der Waals surface area contributed by atoms with E-state index in [1.807, 2.05) is 35.0 Å². The van der Waals surface area contributed by atoms with Crippen LogP contribution >= 0.6 is 0 Å². The highest BCUT2D eigenvalue weighted by atomic mass is 16.5. The van der Waals surface area contributed by atoms with Gasteiger partial charge >= 0.3 is 0 Å². The summed E-state index contributed by atoms with van der Waals surface area (Å²) in [5.74, 6) is 0.987. The lowest BCUT2D eigenvalue weighted by Crippen LogP contribution is -2.23. The molecule has 1 amide bonds. The molecule has 1 aromatic heterocycles. The molecule has 1 N–H and O–H groups in total. The van der Waals surface area contributed by atoms with Gasteiger partial charge in [-0.1, -0.05) is 24.3 Å². The highest BCUT2D eigenvalue weighted by molar-refractivity contribution is 5.98. The van der Waals surface area contributed by atoms with Gasteiger partial charge in [-0.05, 0) is 23.3 Å². The molecule has 0 atom stereocenters. The van der Waals surface area contributed by atoms with E-state index in [0.717, 1.165) is 17.7 Å². The topological polar surface area (TPSA) is 74.6 Å². The molecule has 7 nitrogen and oxygen atoms in total. The number of amides is 1. The van der Waals surface area contributed by atoms with Crippen molar-refractivity contribution in [3.05, 3.63) is 71.8 Å². The van der Waals surface area contributed by atoms with Crippen molar-refractivity contribution in [3.63, 3.8) is 0 Å². The molecule has 0 spiro atoms. The van der Waals surface area contributed by atoms with Crippen LogP contribution in [0.15, 0.2) is 55.1 Å². The number of methoxy groups -OCH3 is 3. The number of hydrogen-bond donors (Lipinski definition) is 1. The summed E-state index contributed by atoms with van der Waals surface area (Å²) in [4.78, 5) is 16.7. The predicted molar refractivity (Wildman–Crippen MR) is 105 cm³/mol. The second kappa shape index (κ2) is 8.94. The Kier molecular flexibility index (Phi) is 6.16. The van der Waals surface area contributed by atoms with Crippen LogP contribution in [0.3, 0.4) is 0 Å². The Hall–Kier alpha value is -3.48. The molecule has 7 heteroatoms. The van der Waals surface area contributed by atoms with Crippen LogP contribution in [0.25, 0.3) is 0 Å². The molecule has 3 rings (SSSR count). The van der Waals surface area contributed by atoms with Crippen molar-refractivity contribution in [2.24, 2.45) is 0 Å². The molecule has 146 valence electrons. The van der Waals surface area contributed by atoms with Crippen LogP contribution in [-0.4, -0.2) is 36.8 Å². The van der Waals surface area contributed by atoms with Crippen molar-refractivity contribution in [2.45, 2.75) is 13.1 Å². The van der Waals surface area contributed by atoms with E-state index in [1.165, 1.54) is 21.3 Å². The molecule has 0 aliphatic heterocycles. The maximum Gasteiger partial charge on any atom is 0.255 e. The van der Waals surface area contributed by atoms with Gasteiger partial charge in [0.15, 0.2) is 11.5 Å². The average Bonchev–Trinajstić information content (AvgIpc) is 3.24. The van der Waals surface area contributed by atoms with Gasteiger partial charge in [-0.2, -0.15) is 0 Å². The average molecular weight is 381 g/mol. The van der Waals surface area contributed by atoms with Gasteiger partial charge in [-0.25, -0.2) is 4.98 Å². The summed E-state index contributed by atoms with van der Waals surface area (Å²) in [6.45, 7) is 1.16. The van der Waals surface area contributed by atoms with E-state index in [0.29, 0.717) is 29.4 Å². The molecule has 1 heterocycles. The zero-order valence-corrected chi connectivity index (χ0v) is 16.1. The number of carbonyl (C=O) groups is 1. The molecular weight excluding hydrogens is 358 g/mol. The van der Waals surface area contributed by atoms with Crippen molar-refractivity contribution in [1.29, 1.82) is 0 Å². The van der Waals surface area contributed by atoms with Crippen molar-refractivity contribution in [1.82, 2.24) is 14.9 Å². The summed E-state index contributed by atoms with van der Waals surface area (Å²) in [5, 5.41) is 2.91.